The molecule has 0 spiro atoms. The highest BCUT2D eigenvalue weighted by Crippen LogP contribution is 2.39. The van der Waals surface area contributed by atoms with E-state index >= 15 is 0 Å². The molecule has 0 radical (unpaired) electrons. The Kier molecular flexibility index (Phi) is 4.83. The predicted molar refractivity (Wildman–Crippen MR) is 91.5 cm³/mol. The molecular formula is C18H18N2O5. The monoisotopic (exact) mass is 342 g/mol. The molecule has 130 valence electrons. The number of hydrogen-bond donors (Lipinski definition) is 1. The van der Waals surface area contributed by atoms with Gasteiger partial charge in [0.2, 0.25) is 0 Å². The van der Waals surface area contributed by atoms with Gasteiger partial charge in [0.25, 0.3) is 5.69 Å². The first-order valence-electron chi connectivity index (χ1n) is 8.03. The molecule has 2 aromatic rings. The summed E-state index contributed by atoms with van der Waals surface area (Å²) in [5, 5.41) is 14.1. The number of carbonyl (C=O) groups is 1. The van der Waals surface area contributed by atoms with Gasteiger partial charge in [-0.2, -0.15) is 0 Å². The molecule has 0 amide bonds. The van der Waals surface area contributed by atoms with Crippen molar-refractivity contribution in [2.24, 2.45) is 0 Å². The molecule has 2 aromatic carbocycles. The lowest BCUT2D eigenvalue weighted by molar-refractivity contribution is -0.385. The second-order valence-corrected chi connectivity index (χ2v) is 5.63. The first-order chi connectivity index (χ1) is 12.1. The van der Waals surface area contributed by atoms with E-state index in [0.29, 0.717) is 30.8 Å². The fourth-order valence-electron chi connectivity index (χ4n) is 2.68. The quantitative estimate of drug-likeness (QED) is 0.490. The molecule has 0 saturated heterocycles. The van der Waals surface area contributed by atoms with Crippen molar-refractivity contribution in [2.45, 2.75) is 26.0 Å². The summed E-state index contributed by atoms with van der Waals surface area (Å²) in [6, 6.07) is 12.0. The minimum absolute atomic E-state index is 0.0222. The predicted octanol–water partition coefficient (Wildman–Crippen LogP) is 3.59. The molecule has 1 aliphatic rings. The Morgan fingerprint density at radius 2 is 2.16 bits per heavy atom. The van der Waals surface area contributed by atoms with Gasteiger partial charge in [-0.15, -0.1) is 0 Å². The van der Waals surface area contributed by atoms with E-state index in [1.54, 1.807) is 19.1 Å². The Bertz CT molecular complexity index is 806. The van der Waals surface area contributed by atoms with Crippen LogP contribution in [-0.4, -0.2) is 17.5 Å². The van der Waals surface area contributed by atoms with Gasteiger partial charge >= 0.3 is 5.97 Å². The summed E-state index contributed by atoms with van der Waals surface area (Å²) >= 11 is 0. The highest BCUT2D eigenvalue weighted by Gasteiger charge is 2.24. The van der Waals surface area contributed by atoms with E-state index in [1.165, 1.54) is 12.1 Å². The van der Waals surface area contributed by atoms with Crippen molar-refractivity contribution in [1.82, 2.24) is 0 Å². The van der Waals surface area contributed by atoms with Gasteiger partial charge in [-0.1, -0.05) is 18.2 Å². The number of aryl methyl sites for hydroxylation is 1. The van der Waals surface area contributed by atoms with E-state index in [4.69, 9.17) is 9.47 Å². The van der Waals surface area contributed by atoms with E-state index in [2.05, 4.69) is 5.32 Å². The maximum absolute atomic E-state index is 11.5. The number of carbonyl (C=O) groups excluding carboxylic acids is 1. The molecule has 1 N–H and O–H groups in total. The third kappa shape index (κ3) is 3.88. The summed E-state index contributed by atoms with van der Waals surface area (Å²) in [7, 11) is 0. The zero-order valence-corrected chi connectivity index (χ0v) is 13.7. The van der Waals surface area contributed by atoms with Crippen LogP contribution in [0, 0.1) is 10.1 Å². The fourth-order valence-corrected chi connectivity index (χ4v) is 2.68. The molecular weight excluding hydrogens is 324 g/mol. The van der Waals surface area contributed by atoms with Gasteiger partial charge in [0.15, 0.2) is 6.23 Å². The Labute approximate surface area is 144 Å². The van der Waals surface area contributed by atoms with Crippen molar-refractivity contribution >= 4 is 17.3 Å². The van der Waals surface area contributed by atoms with Crippen LogP contribution in [0.4, 0.5) is 11.4 Å². The first-order valence-corrected chi connectivity index (χ1v) is 8.03. The zero-order chi connectivity index (χ0) is 17.8. The van der Waals surface area contributed by atoms with Crippen molar-refractivity contribution in [3.8, 4) is 5.75 Å². The number of fused-ring (bicyclic) bond motifs is 1. The first kappa shape index (κ1) is 16.8. The van der Waals surface area contributed by atoms with Crippen LogP contribution in [0.25, 0.3) is 0 Å². The van der Waals surface area contributed by atoms with Crippen LogP contribution in [0.5, 0.6) is 5.75 Å². The minimum Gasteiger partial charge on any atom is -0.466 e. The molecule has 0 aliphatic carbocycles. The average molecular weight is 342 g/mol. The molecule has 1 aliphatic heterocycles. The van der Waals surface area contributed by atoms with Crippen LogP contribution >= 0.6 is 0 Å². The lowest BCUT2D eigenvalue weighted by atomic mass is 10.1. The van der Waals surface area contributed by atoms with E-state index in [9.17, 15) is 14.9 Å². The highest BCUT2D eigenvalue weighted by atomic mass is 16.6. The standard InChI is InChI=1S/C18H18N2O5/c1-2-24-17(21)9-7-12-6-8-16-15(10-12)19-18(25-16)13-4-3-5-14(11-13)20(22)23/h3-6,8,10-11,18-19H,2,7,9H2,1H3. The third-order valence-electron chi connectivity index (χ3n) is 3.88. The van der Waals surface area contributed by atoms with Crippen molar-refractivity contribution < 1.29 is 19.2 Å². The molecule has 1 atom stereocenters. The van der Waals surface area contributed by atoms with Crippen LogP contribution in [0.1, 0.15) is 30.7 Å². The lowest BCUT2D eigenvalue weighted by Crippen LogP contribution is -2.10. The molecule has 25 heavy (non-hydrogen) atoms. The summed E-state index contributed by atoms with van der Waals surface area (Å²) in [5.74, 6) is 0.457. The highest BCUT2D eigenvalue weighted by molar-refractivity contribution is 5.70. The van der Waals surface area contributed by atoms with E-state index in [1.807, 2.05) is 18.2 Å². The number of nitro benzene ring substituents is 1. The van der Waals surface area contributed by atoms with Gasteiger partial charge in [-0.05, 0) is 31.0 Å². The summed E-state index contributed by atoms with van der Waals surface area (Å²) in [6.07, 6.45) is 0.423. The van der Waals surface area contributed by atoms with Crippen LogP contribution in [0.3, 0.4) is 0 Å². The number of esters is 1. The maximum Gasteiger partial charge on any atom is 0.306 e. The summed E-state index contributed by atoms with van der Waals surface area (Å²) in [4.78, 5) is 21.9. The average Bonchev–Trinajstić information content (AvgIpc) is 3.03. The number of nitrogens with one attached hydrogen (secondary N) is 1. The number of nitro groups is 1. The van der Waals surface area contributed by atoms with Gasteiger partial charge in [-0.25, -0.2) is 0 Å². The van der Waals surface area contributed by atoms with Crippen molar-refractivity contribution in [1.29, 1.82) is 0 Å². The van der Waals surface area contributed by atoms with E-state index in [0.717, 1.165) is 11.3 Å². The van der Waals surface area contributed by atoms with Crippen LogP contribution < -0.4 is 10.1 Å². The molecule has 0 aromatic heterocycles. The smallest absolute Gasteiger partial charge is 0.306 e. The van der Waals surface area contributed by atoms with Gasteiger partial charge in [0.1, 0.15) is 5.75 Å². The molecule has 0 bridgehead atoms. The van der Waals surface area contributed by atoms with E-state index < -0.39 is 11.2 Å². The second kappa shape index (κ2) is 7.21. The number of nitrogens with zero attached hydrogens (tertiary/aromatic N) is 1. The summed E-state index contributed by atoms with van der Waals surface area (Å²) in [6.45, 7) is 2.16. The number of non-ortho nitro benzene ring substituents is 1. The Balaban J connectivity index is 1.69. The van der Waals surface area contributed by atoms with Gasteiger partial charge in [0, 0.05) is 24.1 Å². The van der Waals surface area contributed by atoms with Gasteiger partial charge in [0.05, 0.1) is 17.2 Å². The molecule has 3 rings (SSSR count). The van der Waals surface area contributed by atoms with Crippen LogP contribution in [-0.2, 0) is 16.0 Å². The number of benzene rings is 2. The van der Waals surface area contributed by atoms with E-state index in [-0.39, 0.29) is 11.7 Å². The molecule has 0 saturated carbocycles. The SMILES string of the molecule is CCOC(=O)CCc1ccc2c(c1)NC(c1cccc([N+](=O)[O-])c1)O2. The van der Waals surface area contributed by atoms with Crippen LogP contribution in [0.15, 0.2) is 42.5 Å². The maximum atomic E-state index is 11.5. The minimum atomic E-state index is -0.477. The number of ether oxygens (including phenoxy) is 2. The number of anilines is 1. The molecule has 1 unspecified atom stereocenters. The Morgan fingerprint density at radius 3 is 2.92 bits per heavy atom. The van der Waals surface area contributed by atoms with Crippen molar-refractivity contribution in [2.75, 3.05) is 11.9 Å². The Hall–Kier alpha value is -3.09. The summed E-state index contributed by atoms with van der Waals surface area (Å²) in [5.41, 5.74) is 2.49. The van der Waals surface area contributed by atoms with Gasteiger partial charge < -0.3 is 14.8 Å². The second-order valence-electron chi connectivity index (χ2n) is 5.63. The number of rotatable bonds is 6. The number of hydrogen-bond acceptors (Lipinski definition) is 6. The van der Waals surface area contributed by atoms with Crippen LogP contribution in [0.2, 0.25) is 0 Å². The van der Waals surface area contributed by atoms with Crippen molar-refractivity contribution in [3.05, 3.63) is 63.7 Å². The molecule has 7 nitrogen and oxygen atoms in total. The molecule has 1 heterocycles. The third-order valence-corrected chi connectivity index (χ3v) is 3.88. The fraction of sp³-hybridized carbons (Fsp3) is 0.278. The molecule has 7 heteroatoms. The summed E-state index contributed by atoms with van der Waals surface area (Å²) < 4.78 is 10.7. The topological polar surface area (TPSA) is 90.7 Å². The Morgan fingerprint density at radius 1 is 1.32 bits per heavy atom. The normalized spacial score (nSPS) is 15.0. The zero-order valence-electron chi connectivity index (χ0n) is 13.7. The lowest BCUT2D eigenvalue weighted by Gasteiger charge is -2.11. The largest absolute Gasteiger partial charge is 0.466 e. The molecule has 0 fully saturated rings. The van der Waals surface area contributed by atoms with Crippen molar-refractivity contribution in [3.63, 3.8) is 0 Å². The van der Waals surface area contributed by atoms with Gasteiger partial charge in [-0.3, -0.25) is 14.9 Å².